The van der Waals surface area contributed by atoms with Crippen LogP contribution < -0.4 is 0 Å². The largest absolute Gasteiger partial charge is 0.393 e. The standard InChI is InChI=1S/C13H22O2/c1-5-6-7-8-12(14)13-9(2)10(3)15-11(13)4/h1,9-14H,6-8H2,2-4H3. The minimum Gasteiger partial charge on any atom is -0.393 e. The Kier molecular flexibility index (Phi) is 4.63. The molecule has 1 aliphatic rings. The van der Waals surface area contributed by atoms with E-state index >= 15 is 0 Å². The molecule has 1 heterocycles. The number of aliphatic hydroxyl groups is 1. The summed E-state index contributed by atoms with van der Waals surface area (Å²) in [5, 5.41) is 10.1. The molecule has 1 saturated heterocycles. The smallest absolute Gasteiger partial charge is 0.0607 e. The Hall–Kier alpha value is -0.520. The third-order valence-electron chi connectivity index (χ3n) is 3.58. The summed E-state index contributed by atoms with van der Waals surface area (Å²) < 4.78 is 5.71. The Morgan fingerprint density at radius 1 is 1.33 bits per heavy atom. The molecule has 0 saturated carbocycles. The zero-order valence-electron chi connectivity index (χ0n) is 9.94. The van der Waals surface area contributed by atoms with Gasteiger partial charge in [-0.2, -0.15) is 0 Å². The fourth-order valence-electron chi connectivity index (χ4n) is 2.56. The summed E-state index contributed by atoms with van der Waals surface area (Å²) in [5.41, 5.74) is 0. The molecule has 0 aromatic carbocycles. The van der Waals surface area contributed by atoms with Gasteiger partial charge in [0.25, 0.3) is 0 Å². The maximum atomic E-state index is 10.1. The molecule has 0 aliphatic carbocycles. The summed E-state index contributed by atoms with van der Waals surface area (Å²) in [6, 6.07) is 0. The van der Waals surface area contributed by atoms with Crippen molar-refractivity contribution < 1.29 is 9.84 Å². The molecule has 0 aromatic heterocycles. The van der Waals surface area contributed by atoms with Crippen molar-refractivity contribution in [3.05, 3.63) is 0 Å². The highest BCUT2D eigenvalue weighted by atomic mass is 16.5. The van der Waals surface area contributed by atoms with Crippen LogP contribution in [0.3, 0.4) is 0 Å². The summed E-state index contributed by atoms with van der Waals surface area (Å²) in [7, 11) is 0. The van der Waals surface area contributed by atoms with Crippen molar-refractivity contribution in [1.82, 2.24) is 0 Å². The molecule has 1 aliphatic heterocycles. The molecule has 0 radical (unpaired) electrons. The molecule has 1 fully saturated rings. The lowest BCUT2D eigenvalue weighted by Gasteiger charge is -2.24. The van der Waals surface area contributed by atoms with Gasteiger partial charge in [0.15, 0.2) is 0 Å². The fraction of sp³-hybridized carbons (Fsp3) is 0.846. The molecule has 15 heavy (non-hydrogen) atoms. The third kappa shape index (κ3) is 2.96. The maximum absolute atomic E-state index is 10.1. The van der Waals surface area contributed by atoms with Crippen LogP contribution in [0.25, 0.3) is 0 Å². The lowest BCUT2D eigenvalue weighted by molar-refractivity contribution is 0.0206. The highest BCUT2D eigenvalue weighted by Gasteiger charge is 2.40. The molecule has 0 bridgehead atoms. The first-order chi connectivity index (χ1) is 7.07. The first-order valence-electron chi connectivity index (χ1n) is 5.85. The lowest BCUT2D eigenvalue weighted by atomic mass is 9.83. The van der Waals surface area contributed by atoms with Gasteiger partial charge < -0.3 is 9.84 Å². The lowest BCUT2D eigenvalue weighted by Crippen LogP contribution is -2.30. The number of ether oxygens (including phenoxy) is 1. The average molecular weight is 210 g/mol. The SMILES string of the molecule is C#CCCCC(O)C1C(C)OC(C)C1C. The van der Waals surface area contributed by atoms with Crippen molar-refractivity contribution in [2.45, 2.75) is 58.3 Å². The van der Waals surface area contributed by atoms with Crippen LogP contribution in [-0.4, -0.2) is 23.4 Å². The van der Waals surface area contributed by atoms with Gasteiger partial charge in [0.05, 0.1) is 18.3 Å². The summed E-state index contributed by atoms with van der Waals surface area (Å²) in [5.74, 6) is 3.30. The average Bonchev–Trinajstić information content (AvgIpc) is 2.41. The van der Waals surface area contributed by atoms with Crippen LogP contribution in [0.4, 0.5) is 0 Å². The quantitative estimate of drug-likeness (QED) is 0.569. The number of terminal acetylenes is 1. The van der Waals surface area contributed by atoms with E-state index in [1.165, 1.54) is 0 Å². The molecule has 1 rings (SSSR count). The summed E-state index contributed by atoms with van der Waals surface area (Å²) >= 11 is 0. The van der Waals surface area contributed by atoms with Crippen LogP contribution in [-0.2, 0) is 4.74 Å². The molecule has 2 nitrogen and oxygen atoms in total. The van der Waals surface area contributed by atoms with Crippen LogP contribution in [0.1, 0.15) is 40.0 Å². The van der Waals surface area contributed by atoms with Gasteiger partial charge in [0, 0.05) is 12.3 Å². The normalized spacial score (nSPS) is 37.5. The van der Waals surface area contributed by atoms with Crippen molar-refractivity contribution in [2.24, 2.45) is 11.8 Å². The fourth-order valence-corrected chi connectivity index (χ4v) is 2.56. The Balaban J connectivity index is 2.44. The molecule has 86 valence electrons. The van der Waals surface area contributed by atoms with E-state index < -0.39 is 0 Å². The van der Waals surface area contributed by atoms with E-state index in [1.54, 1.807) is 0 Å². The topological polar surface area (TPSA) is 29.5 Å². The molecule has 0 aromatic rings. The van der Waals surface area contributed by atoms with E-state index in [-0.39, 0.29) is 24.2 Å². The van der Waals surface area contributed by atoms with Gasteiger partial charge >= 0.3 is 0 Å². The number of hydrogen-bond donors (Lipinski definition) is 1. The predicted molar refractivity (Wildman–Crippen MR) is 61.4 cm³/mol. The van der Waals surface area contributed by atoms with E-state index in [0.717, 1.165) is 19.3 Å². The minimum atomic E-state index is -0.270. The van der Waals surface area contributed by atoms with Crippen molar-refractivity contribution in [3.8, 4) is 12.3 Å². The summed E-state index contributed by atoms with van der Waals surface area (Å²) in [4.78, 5) is 0. The van der Waals surface area contributed by atoms with Crippen molar-refractivity contribution in [3.63, 3.8) is 0 Å². The Labute approximate surface area is 93.0 Å². The Morgan fingerprint density at radius 2 is 2.00 bits per heavy atom. The number of hydrogen-bond acceptors (Lipinski definition) is 2. The van der Waals surface area contributed by atoms with Gasteiger partial charge in [-0.1, -0.05) is 6.92 Å². The second-order valence-corrected chi connectivity index (χ2v) is 4.65. The van der Waals surface area contributed by atoms with Gasteiger partial charge in [-0.3, -0.25) is 0 Å². The maximum Gasteiger partial charge on any atom is 0.0607 e. The highest BCUT2D eigenvalue weighted by Crippen LogP contribution is 2.35. The number of aliphatic hydroxyl groups excluding tert-OH is 1. The summed E-state index contributed by atoms with van der Waals surface area (Å²) in [6.45, 7) is 6.29. The van der Waals surface area contributed by atoms with E-state index in [1.807, 2.05) is 0 Å². The monoisotopic (exact) mass is 210 g/mol. The van der Waals surface area contributed by atoms with Gasteiger partial charge in [0.2, 0.25) is 0 Å². The molecule has 0 spiro atoms. The first kappa shape index (κ1) is 12.5. The molecule has 0 amide bonds. The Morgan fingerprint density at radius 3 is 2.47 bits per heavy atom. The second kappa shape index (κ2) is 5.53. The number of rotatable bonds is 4. The highest BCUT2D eigenvalue weighted by molar-refractivity contribution is 4.89. The molecule has 2 heteroatoms. The van der Waals surface area contributed by atoms with Crippen LogP contribution >= 0.6 is 0 Å². The van der Waals surface area contributed by atoms with Crippen molar-refractivity contribution in [1.29, 1.82) is 0 Å². The zero-order valence-corrected chi connectivity index (χ0v) is 9.94. The van der Waals surface area contributed by atoms with Crippen molar-refractivity contribution in [2.75, 3.05) is 0 Å². The zero-order chi connectivity index (χ0) is 11.4. The van der Waals surface area contributed by atoms with E-state index in [4.69, 9.17) is 11.2 Å². The van der Waals surface area contributed by atoms with Crippen LogP contribution in [0, 0.1) is 24.2 Å². The van der Waals surface area contributed by atoms with E-state index in [2.05, 4.69) is 26.7 Å². The molecule has 5 unspecified atom stereocenters. The van der Waals surface area contributed by atoms with Crippen molar-refractivity contribution >= 4 is 0 Å². The van der Waals surface area contributed by atoms with Crippen LogP contribution in [0.15, 0.2) is 0 Å². The van der Waals surface area contributed by atoms with Crippen LogP contribution in [0.5, 0.6) is 0 Å². The first-order valence-corrected chi connectivity index (χ1v) is 5.85. The van der Waals surface area contributed by atoms with Gasteiger partial charge in [0.1, 0.15) is 0 Å². The van der Waals surface area contributed by atoms with Crippen LogP contribution in [0.2, 0.25) is 0 Å². The molecular weight excluding hydrogens is 188 g/mol. The van der Waals surface area contributed by atoms with Gasteiger partial charge in [-0.05, 0) is 32.6 Å². The third-order valence-corrected chi connectivity index (χ3v) is 3.58. The molecular formula is C13H22O2. The minimum absolute atomic E-state index is 0.163. The van der Waals surface area contributed by atoms with E-state index in [0.29, 0.717) is 5.92 Å². The predicted octanol–water partition coefficient (Wildman–Crippen LogP) is 2.21. The van der Waals surface area contributed by atoms with Gasteiger partial charge in [-0.15, -0.1) is 12.3 Å². The summed E-state index contributed by atoms with van der Waals surface area (Å²) in [6.07, 6.45) is 7.79. The van der Waals surface area contributed by atoms with Gasteiger partial charge in [-0.25, -0.2) is 0 Å². The Bertz CT molecular complexity index is 231. The molecule has 5 atom stereocenters. The number of unbranched alkanes of at least 4 members (excludes halogenated alkanes) is 1. The second-order valence-electron chi connectivity index (χ2n) is 4.65. The van der Waals surface area contributed by atoms with E-state index in [9.17, 15) is 5.11 Å². The molecule has 1 N–H and O–H groups in total.